The molecular weight excluding hydrogens is 356 g/mol. The van der Waals surface area contributed by atoms with Crippen LogP contribution in [0.3, 0.4) is 0 Å². The van der Waals surface area contributed by atoms with Crippen LogP contribution in [0.1, 0.15) is 17.3 Å². The maximum absolute atomic E-state index is 12.6. The first-order valence-electron chi connectivity index (χ1n) is 6.75. The number of benzene rings is 2. The molecule has 0 saturated carbocycles. The monoisotopic (exact) mass is 370 g/mol. The van der Waals surface area contributed by atoms with Crippen molar-refractivity contribution in [2.24, 2.45) is 0 Å². The third kappa shape index (κ3) is 3.80. The van der Waals surface area contributed by atoms with E-state index >= 15 is 0 Å². The molecule has 0 bridgehead atoms. The van der Waals surface area contributed by atoms with Crippen molar-refractivity contribution < 1.29 is 26.9 Å². The van der Waals surface area contributed by atoms with Crippen molar-refractivity contribution >= 4 is 27.5 Å². The molecule has 8 heteroatoms. The topological polar surface area (TPSA) is 78.9 Å². The normalized spacial score (nSPS) is 11.0. The molecule has 0 aliphatic rings. The Morgan fingerprint density at radius 2 is 1.67 bits per heavy atom. The summed E-state index contributed by atoms with van der Waals surface area (Å²) in [6.45, 7) is 1.29. The number of hydrogen-bond acceptors (Lipinski definition) is 6. The van der Waals surface area contributed by atoms with Gasteiger partial charge in [-0.3, -0.25) is 4.79 Å². The van der Waals surface area contributed by atoms with E-state index in [1.165, 1.54) is 51.5 Å². The van der Waals surface area contributed by atoms with E-state index in [9.17, 15) is 13.2 Å². The number of ketones is 1. The zero-order chi connectivity index (χ0) is 17.9. The third-order valence-corrected chi connectivity index (χ3v) is 4.65. The van der Waals surface area contributed by atoms with E-state index in [2.05, 4.69) is 0 Å². The Morgan fingerprint density at radius 1 is 1.00 bits per heavy atom. The highest BCUT2D eigenvalue weighted by atomic mass is 35.5. The summed E-state index contributed by atoms with van der Waals surface area (Å²) in [6.07, 6.45) is 0. The quantitative estimate of drug-likeness (QED) is 0.573. The van der Waals surface area contributed by atoms with Gasteiger partial charge in [0, 0.05) is 11.1 Å². The number of carbonyl (C=O) groups is 1. The van der Waals surface area contributed by atoms with Gasteiger partial charge in [0.05, 0.1) is 19.8 Å². The van der Waals surface area contributed by atoms with Crippen LogP contribution in [-0.2, 0) is 10.1 Å². The first-order valence-corrected chi connectivity index (χ1v) is 8.54. The van der Waals surface area contributed by atoms with Crippen LogP contribution in [0, 0.1) is 0 Å². The minimum absolute atomic E-state index is 0.0629. The van der Waals surface area contributed by atoms with Crippen LogP contribution in [0.25, 0.3) is 0 Å². The van der Waals surface area contributed by atoms with Gasteiger partial charge in [0.1, 0.15) is 11.5 Å². The van der Waals surface area contributed by atoms with Crippen LogP contribution in [0.5, 0.6) is 17.2 Å². The van der Waals surface area contributed by atoms with E-state index in [1.54, 1.807) is 6.07 Å². The van der Waals surface area contributed by atoms with Crippen molar-refractivity contribution in [3.8, 4) is 17.2 Å². The molecule has 0 aliphatic carbocycles. The fraction of sp³-hybridized carbons (Fsp3) is 0.188. The molecule has 0 spiro atoms. The molecule has 0 aliphatic heterocycles. The summed E-state index contributed by atoms with van der Waals surface area (Å²) in [7, 11) is -1.51. The molecule has 2 aromatic carbocycles. The van der Waals surface area contributed by atoms with Gasteiger partial charge in [-0.15, -0.1) is 0 Å². The van der Waals surface area contributed by atoms with Gasteiger partial charge < -0.3 is 13.7 Å². The van der Waals surface area contributed by atoms with E-state index in [4.69, 9.17) is 25.3 Å². The standard InChI is InChI=1S/C16H15ClO6S/c1-10(18)13-8-11(17)4-6-14(13)23-24(19,20)16-9-12(21-2)5-7-15(16)22-3/h4-9H,1-3H3. The van der Waals surface area contributed by atoms with Gasteiger partial charge in [0.15, 0.2) is 16.4 Å². The SMILES string of the molecule is COc1ccc(OC)c(S(=O)(=O)Oc2ccc(Cl)cc2C(C)=O)c1. The first kappa shape index (κ1) is 18.1. The van der Waals surface area contributed by atoms with Crippen LogP contribution in [0.2, 0.25) is 5.02 Å². The Labute approximate surface area is 145 Å². The molecule has 0 fully saturated rings. The number of Topliss-reactive ketones (excluding diaryl/α,β-unsaturated/α-hetero) is 1. The number of methoxy groups -OCH3 is 2. The molecule has 0 heterocycles. The molecule has 0 saturated heterocycles. The lowest BCUT2D eigenvalue weighted by atomic mass is 10.1. The van der Waals surface area contributed by atoms with Gasteiger partial charge in [-0.25, -0.2) is 0 Å². The molecule has 0 N–H and O–H groups in total. The second kappa shape index (κ2) is 7.11. The fourth-order valence-corrected chi connectivity index (χ4v) is 3.29. The summed E-state index contributed by atoms with van der Waals surface area (Å²) in [5.74, 6) is -0.0768. The van der Waals surface area contributed by atoms with Crippen LogP contribution in [-0.4, -0.2) is 28.4 Å². The third-order valence-electron chi connectivity index (χ3n) is 3.16. The van der Waals surface area contributed by atoms with Gasteiger partial charge in [0.2, 0.25) is 0 Å². The van der Waals surface area contributed by atoms with Crippen molar-refractivity contribution in [2.75, 3.05) is 14.2 Å². The molecule has 0 atom stereocenters. The Bertz CT molecular complexity index is 876. The fourth-order valence-electron chi connectivity index (χ4n) is 1.99. The van der Waals surface area contributed by atoms with Gasteiger partial charge in [-0.1, -0.05) is 11.6 Å². The average molecular weight is 371 g/mol. The number of rotatable bonds is 6. The summed E-state index contributed by atoms with van der Waals surface area (Å²) >= 11 is 5.84. The first-order chi connectivity index (χ1) is 11.3. The summed E-state index contributed by atoms with van der Waals surface area (Å²) in [6, 6.07) is 8.38. The van der Waals surface area contributed by atoms with E-state index < -0.39 is 10.1 Å². The van der Waals surface area contributed by atoms with Crippen LogP contribution >= 0.6 is 11.6 Å². The van der Waals surface area contributed by atoms with Crippen molar-refractivity contribution in [1.82, 2.24) is 0 Å². The Kier molecular flexibility index (Phi) is 5.36. The predicted octanol–water partition coefficient (Wildman–Crippen LogP) is 3.33. The molecule has 0 amide bonds. The summed E-state index contributed by atoms with van der Waals surface area (Å²) in [4.78, 5) is 11.5. The van der Waals surface area contributed by atoms with Crippen molar-refractivity contribution in [2.45, 2.75) is 11.8 Å². The highest BCUT2D eigenvalue weighted by Gasteiger charge is 2.25. The van der Waals surface area contributed by atoms with Gasteiger partial charge in [0.25, 0.3) is 0 Å². The molecule has 0 radical (unpaired) electrons. The van der Waals surface area contributed by atoms with Gasteiger partial charge >= 0.3 is 10.1 Å². The molecular formula is C16H15ClO6S. The molecule has 128 valence electrons. The summed E-state index contributed by atoms with van der Waals surface area (Å²) in [5, 5.41) is 0.295. The minimum atomic E-state index is -4.26. The predicted molar refractivity (Wildman–Crippen MR) is 88.8 cm³/mol. The van der Waals surface area contributed by atoms with Gasteiger partial charge in [-0.2, -0.15) is 8.42 Å². The van der Waals surface area contributed by atoms with E-state index in [-0.39, 0.29) is 27.7 Å². The van der Waals surface area contributed by atoms with Gasteiger partial charge in [-0.05, 0) is 37.3 Å². The lowest BCUT2D eigenvalue weighted by molar-refractivity contribution is 0.101. The largest absolute Gasteiger partial charge is 0.497 e. The van der Waals surface area contributed by atoms with Crippen LogP contribution in [0.4, 0.5) is 0 Å². The van der Waals surface area contributed by atoms with E-state index in [0.717, 1.165) is 0 Å². The summed E-state index contributed by atoms with van der Waals surface area (Å²) in [5.41, 5.74) is 0.0629. The lowest BCUT2D eigenvalue weighted by Gasteiger charge is -2.13. The van der Waals surface area contributed by atoms with E-state index in [1.807, 2.05) is 0 Å². The molecule has 0 unspecified atom stereocenters. The Balaban J connectivity index is 2.52. The van der Waals surface area contributed by atoms with Crippen LogP contribution < -0.4 is 13.7 Å². The van der Waals surface area contributed by atoms with Crippen molar-refractivity contribution in [3.05, 3.63) is 47.0 Å². The molecule has 24 heavy (non-hydrogen) atoms. The maximum Gasteiger partial charge on any atom is 0.343 e. The van der Waals surface area contributed by atoms with Crippen LogP contribution in [0.15, 0.2) is 41.3 Å². The smallest absolute Gasteiger partial charge is 0.343 e. The Hall–Kier alpha value is -2.25. The minimum Gasteiger partial charge on any atom is -0.497 e. The molecule has 2 rings (SSSR count). The zero-order valence-electron chi connectivity index (χ0n) is 13.2. The zero-order valence-corrected chi connectivity index (χ0v) is 14.8. The van der Waals surface area contributed by atoms with E-state index in [0.29, 0.717) is 10.8 Å². The number of carbonyl (C=O) groups excluding carboxylic acids is 1. The number of hydrogen-bond donors (Lipinski definition) is 0. The Morgan fingerprint density at radius 3 is 2.25 bits per heavy atom. The lowest BCUT2D eigenvalue weighted by Crippen LogP contribution is -2.13. The number of halogens is 1. The molecule has 6 nitrogen and oxygen atoms in total. The maximum atomic E-state index is 12.6. The number of ether oxygens (including phenoxy) is 2. The second-order valence-corrected chi connectivity index (χ2v) is 6.70. The highest BCUT2D eigenvalue weighted by molar-refractivity contribution is 7.87. The molecule has 0 aromatic heterocycles. The van der Waals surface area contributed by atoms with Crippen molar-refractivity contribution in [3.63, 3.8) is 0 Å². The molecule has 2 aromatic rings. The van der Waals surface area contributed by atoms with Crippen molar-refractivity contribution in [1.29, 1.82) is 0 Å². The second-order valence-electron chi connectivity index (χ2n) is 4.75. The highest BCUT2D eigenvalue weighted by Crippen LogP contribution is 2.32. The summed E-state index contributed by atoms with van der Waals surface area (Å²) < 4.78 is 40.4. The average Bonchev–Trinajstić information content (AvgIpc) is 2.55.